The molecule has 1 aromatic rings. The molecule has 1 fully saturated rings. The van der Waals surface area contributed by atoms with E-state index < -0.39 is 17.9 Å². The maximum atomic E-state index is 11.9. The van der Waals surface area contributed by atoms with E-state index >= 15 is 0 Å². The van der Waals surface area contributed by atoms with Crippen LogP contribution in [0.5, 0.6) is 0 Å². The van der Waals surface area contributed by atoms with E-state index in [1.165, 1.54) is 23.6 Å². The van der Waals surface area contributed by atoms with Crippen LogP contribution in [0.4, 0.5) is 0 Å². The summed E-state index contributed by atoms with van der Waals surface area (Å²) in [4.78, 5) is 36.4. The largest absolute Gasteiger partial charge is 0.480 e. The lowest BCUT2D eigenvalue weighted by Gasteiger charge is -2.09. The number of hydrogen-bond donors (Lipinski definition) is 2. The Morgan fingerprint density at radius 3 is 2.43 bits per heavy atom. The number of carbonyl (C=O) groups is 3. The second-order valence-electron chi connectivity index (χ2n) is 4.90. The van der Waals surface area contributed by atoms with E-state index in [0.717, 1.165) is 5.56 Å². The SMILES string of the molecule is C[C@H](NC(=O)c1ccc(/C=C2/SC(=S)N(C)C2=O)cc1)C(=O)O. The molecule has 1 aliphatic heterocycles. The summed E-state index contributed by atoms with van der Waals surface area (Å²) in [5.41, 5.74) is 1.10. The molecule has 0 saturated carbocycles. The topological polar surface area (TPSA) is 86.7 Å². The molecule has 2 rings (SSSR count). The predicted molar refractivity (Wildman–Crippen MR) is 91.9 cm³/mol. The number of likely N-dealkylation sites (N-methyl/N-ethyl adjacent to an activating group) is 1. The van der Waals surface area contributed by atoms with E-state index in [0.29, 0.717) is 14.8 Å². The Balaban J connectivity index is 2.11. The number of nitrogens with one attached hydrogen (secondary N) is 1. The van der Waals surface area contributed by atoms with Gasteiger partial charge >= 0.3 is 5.97 Å². The number of amides is 2. The first-order valence-electron chi connectivity index (χ1n) is 6.65. The van der Waals surface area contributed by atoms with Crippen LogP contribution < -0.4 is 5.32 Å². The van der Waals surface area contributed by atoms with Crippen LogP contribution in [0.3, 0.4) is 0 Å². The third kappa shape index (κ3) is 3.96. The lowest BCUT2D eigenvalue weighted by atomic mass is 10.1. The van der Waals surface area contributed by atoms with Gasteiger partial charge in [-0.05, 0) is 30.7 Å². The van der Waals surface area contributed by atoms with Crippen LogP contribution in [0.2, 0.25) is 0 Å². The van der Waals surface area contributed by atoms with Crippen LogP contribution in [-0.2, 0) is 9.59 Å². The minimum absolute atomic E-state index is 0.155. The molecular weight excluding hydrogens is 336 g/mol. The standard InChI is InChI=1S/C15H14N2O4S2/c1-8(14(20)21)16-12(18)10-5-3-9(4-6-10)7-11-13(19)17(2)15(22)23-11/h3-8H,1-2H3,(H,16,18)(H,20,21)/b11-7+/t8-/m0/s1. The quantitative estimate of drug-likeness (QED) is 0.635. The molecule has 0 bridgehead atoms. The summed E-state index contributed by atoms with van der Waals surface area (Å²) in [6, 6.07) is 5.55. The summed E-state index contributed by atoms with van der Waals surface area (Å²) in [5.74, 6) is -1.72. The van der Waals surface area contributed by atoms with E-state index in [1.807, 2.05) is 0 Å². The van der Waals surface area contributed by atoms with Gasteiger partial charge in [-0.25, -0.2) is 0 Å². The maximum Gasteiger partial charge on any atom is 0.325 e. The minimum Gasteiger partial charge on any atom is -0.480 e. The fraction of sp³-hybridized carbons (Fsp3) is 0.200. The molecular formula is C15H14N2O4S2. The van der Waals surface area contributed by atoms with Gasteiger partial charge in [0, 0.05) is 12.6 Å². The molecule has 1 atom stereocenters. The van der Waals surface area contributed by atoms with Gasteiger partial charge in [-0.15, -0.1) is 0 Å². The number of rotatable bonds is 4. The number of thioether (sulfide) groups is 1. The smallest absolute Gasteiger partial charge is 0.325 e. The summed E-state index contributed by atoms with van der Waals surface area (Å²) in [5, 5.41) is 11.1. The van der Waals surface area contributed by atoms with Crippen molar-refractivity contribution in [2.45, 2.75) is 13.0 Å². The summed E-state index contributed by atoms with van der Waals surface area (Å²) in [7, 11) is 1.62. The molecule has 120 valence electrons. The average molecular weight is 350 g/mol. The molecule has 23 heavy (non-hydrogen) atoms. The van der Waals surface area contributed by atoms with Crippen molar-refractivity contribution in [1.29, 1.82) is 0 Å². The molecule has 2 amide bonds. The molecule has 6 nitrogen and oxygen atoms in total. The first-order valence-corrected chi connectivity index (χ1v) is 7.87. The van der Waals surface area contributed by atoms with Gasteiger partial charge in [-0.1, -0.05) is 36.1 Å². The number of hydrogen-bond acceptors (Lipinski definition) is 5. The lowest BCUT2D eigenvalue weighted by molar-refractivity contribution is -0.138. The van der Waals surface area contributed by atoms with E-state index in [9.17, 15) is 14.4 Å². The van der Waals surface area contributed by atoms with Gasteiger partial charge in [0.2, 0.25) is 0 Å². The number of benzene rings is 1. The Morgan fingerprint density at radius 1 is 1.35 bits per heavy atom. The van der Waals surface area contributed by atoms with E-state index in [-0.39, 0.29) is 5.91 Å². The van der Waals surface area contributed by atoms with E-state index in [4.69, 9.17) is 17.3 Å². The zero-order valence-electron chi connectivity index (χ0n) is 12.4. The fourth-order valence-electron chi connectivity index (χ4n) is 1.77. The normalized spacial score (nSPS) is 17.5. The van der Waals surface area contributed by atoms with Crippen molar-refractivity contribution in [2.24, 2.45) is 0 Å². The Bertz CT molecular complexity index is 713. The van der Waals surface area contributed by atoms with Crippen LogP contribution in [0, 0.1) is 0 Å². The predicted octanol–water partition coefficient (Wildman–Crippen LogP) is 1.72. The average Bonchev–Trinajstić information content (AvgIpc) is 2.75. The van der Waals surface area contributed by atoms with Crippen molar-refractivity contribution < 1.29 is 19.5 Å². The second kappa shape index (κ2) is 6.93. The lowest BCUT2D eigenvalue weighted by Crippen LogP contribution is -2.38. The van der Waals surface area contributed by atoms with Gasteiger partial charge in [0.25, 0.3) is 11.8 Å². The van der Waals surface area contributed by atoms with Crippen molar-refractivity contribution in [1.82, 2.24) is 10.2 Å². The highest BCUT2D eigenvalue weighted by Crippen LogP contribution is 2.31. The Labute approximate surface area is 142 Å². The molecule has 0 unspecified atom stereocenters. The van der Waals surface area contributed by atoms with Gasteiger partial charge in [-0.2, -0.15) is 0 Å². The Kier molecular flexibility index (Phi) is 5.17. The van der Waals surface area contributed by atoms with Gasteiger partial charge in [0.05, 0.1) is 4.91 Å². The van der Waals surface area contributed by atoms with Crippen LogP contribution in [0.25, 0.3) is 6.08 Å². The highest BCUT2D eigenvalue weighted by molar-refractivity contribution is 8.26. The van der Waals surface area contributed by atoms with Crippen molar-refractivity contribution in [3.05, 3.63) is 40.3 Å². The summed E-state index contributed by atoms with van der Waals surface area (Å²) >= 11 is 6.28. The summed E-state index contributed by atoms with van der Waals surface area (Å²) < 4.78 is 0.500. The van der Waals surface area contributed by atoms with Crippen molar-refractivity contribution in [3.63, 3.8) is 0 Å². The van der Waals surface area contributed by atoms with Gasteiger partial charge < -0.3 is 10.4 Å². The number of thiocarbonyl (C=S) groups is 1. The summed E-state index contributed by atoms with van der Waals surface area (Å²) in [6.07, 6.45) is 1.70. The number of carbonyl (C=O) groups excluding carboxylic acids is 2. The molecule has 0 spiro atoms. The highest BCUT2D eigenvalue weighted by Gasteiger charge is 2.28. The second-order valence-corrected chi connectivity index (χ2v) is 6.57. The van der Waals surface area contributed by atoms with E-state index in [2.05, 4.69) is 5.32 Å². The molecule has 8 heteroatoms. The first-order chi connectivity index (χ1) is 10.8. The fourth-order valence-corrected chi connectivity index (χ4v) is 2.95. The van der Waals surface area contributed by atoms with Crippen LogP contribution in [0.15, 0.2) is 29.2 Å². The number of aliphatic carboxylic acids is 1. The number of nitrogens with zero attached hydrogens (tertiary/aromatic N) is 1. The third-order valence-electron chi connectivity index (χ3n) is 3.18. The highest BCUT2D eigenvalue weighted by atomic mass is 32.2. The molecule has 2 N–H and O–H groups in total. The third-order valence-corrected chi connectivity index (χ3v) is 4.66. The first kappa shape index (κ1) is 17.2. The van der Waals surface area contributed by atoms with E-state index in [1.54, 1.807) is 37.4 Å². The molecule has 1 heterocycles. The molecule has 0 aliphatic carbocycles. The Morgan fingerprint density at radius 2 is 1.96 bits per heavy atom. The Hall–Kier alpha value is -2.19. The van der Waals surface area contributed by atoms with Gasteiger partial charge in [0.15, 0.2) is 0 Å². The molecule has 1 aromatic carbocycles. The van der Waals surface area contributed by atoms with Crippen molar-refractivity contribution >= 4 is 52.2 Å². The maximum absolute atomic E-state index is 11.9. The summed E-state index contributed by atoms with van der Waals surface area (Å²) in [6.45, 7) is 1.39. The molecule has 1 aliphatic rings. The minimum atomic E-state index is -1.10. The van der Waals surface area contributed by atoms with Gasteiger partial charge in [0.1, 0.15) is 10.4 Å². The zero-order valence-corrected chi connectivity index (χ0v) is 14.0. The molecule has 1 saturated heterocycles. The monoisotopic (exact) mass is 350 g/mol. The number of carboxylic acids is 1. The van der Waals surface area contributed by atoms with Crippen molar-refractivity contribution in [3.8, 4) is 0 Å². The van der Waals surface area contributed by atoms with Crippen molar-refractivity contribution in [2.75, 3.05) is 7.05 Å². The van der Waals surface area contributed by atoms with Crippen LogP contribution in [-0.4, -0.2) is 45.2 Å². The number of carboxylic acid groups (broad SMARTS) is 1. The van der Waals surface area contributed by atoms with Crippen LogP contribution in [0.1, 0.15) is 22.8 Å². The molecule has 0 radical (unpaired) electrons. The van der Waals surface area contributed by atoms with Gasteiger partial charge in [-0.3, -0.25) is 19.3 Å². The zero-order chi connectivity index (χ0) is 17.1. The molecule has 0 aromatic heterocycles. The van der Waals surface area contributed by atoms with Crippen LogP contribution >= 0.6 is 24.0 Å².